The molecule has 2 saturated carbocycles. The van der Waals surface area contributed by atoms with E-state index in [-0.39, 0.29) is 24.1 Å². The first-order valence-corrected chi connectivity index (χ1v) is 7.92. The van der Waals surface area contributed by atoms with Crippen molar-refractivity contribution in [3.63, 3.8) is 0 Å². The van der Waals surface area contributed by atoms with Crippen LogP contribution in [0.3, 0.4) is 0 Å². The van der Waals surface area contributed by atoms with Crippen molar-refractivity contribution in [3.05, 3.63) is 29.6 Å². The van der Waals surface area contributed by atoms with Crippen molar-refractivity contribution in [1.29, 1.82) is 0 Å². The average molecular weight is 293 g/mol. The van der Waals surface area contributed by atoms with Crippen molar-refractivity contribution in [3.8, 4) is 5.75 Å². The number of nitrogens with one attached hydrogen (secondary N) is 1. The van der Waals surface area contributed by atoms with Gasteiger partial charge in [0.25, 0.3) is 0 Å². The monoisotopic (exact) mass is 293 g/mol. The van der Waals surface area contributed by atoms with Gasteiger partial charge in [0.1, 0.15) is 17.7 Å². The lowest BCUT2D eigenvalue weighted by Gasteiger charge is -2.40. The number of rotatable bonds is 5. The third-order valence-electron chi connectivity index (χ3n) is 4.62. The molecular formula is C17H24FNO2. The molecule has 0 bridgehead atoms. The smallest absolute Gasteiger partial charge is 0.123 e. The zero-order chi connectivity index (χ0) is 14.9. The van der Waals surface area contributed by atoms with E-state index >= 15 is 0 Å². The number of ether oxygens (including phenoxy) is 1. The predicted molar refractivity (Wildman–Crippen MR) is 80.0 cm³/mol. The Bertz CT molecular complexity index is 504. The van der Waals surface area contributed by atoms with Crippen molar-refractivity contribution in [2.75, 3.05) is 6.61 Å². The van der Waals surface area contributed by atoms with Gasteiger partial charge < -0.3 is 15.2 Å². The van der Waals surface area contributed by atoms with Crippen LogP contribution in [0.4, 0.5) is 4.39 Å². The zero-order valence-corrected chi connectivity index (χ0v) is 12.6. The molecule has 0 amide bonds. The van der Waals surface area contributed by atoms with E-state index in [4.69, 9.17) is 4.74 Å². The molecule has 1 aromatic rings. The third-order valence-corrected chi connectivity index (χ3v) is 4.62. The SMILES string of the molecule is Cc1cc(F)ccc1OC1CCCC(CO)(NC2CC2)C1. The Morgan fingerprint density at radius 2 is 2.19 bits per heavy atom. The van der Waals surface area contributed by atoms with Gasteiger partial charge >= 0.3 is 0 Å². The van der Waals surface area contributed by atoms with Gasteiger partial charge in [0.05, 0.1) is 6.61 Å². The second-order valence-corrected chi connectivity index (χ2v) is 6.60. The first kappa shape index (κ1) is 14.8. The van der Waals surface area contributed by atoms with E-state index in [9.17, 15) is 9.50 Å². The summed E-state index contributed by atoms with van der Waals surface area (Å²) < 4.78 is 19.2. The summed E-state index contributed by atoms with van der Waals surface area (Å²) in [4.78, 5) is 0. The standard InChI is InChI=1S/C17H24FNO2/c1-12-9-13(18)4-7-16(12)21-15-3-2-8-17(10-15,11-20)19-14-5-6-14/h4,7,9,14-15,19-20H,2-3,5-6,8,10-11H2,1H3. The van der Waals surface area contributed by atoms with E-state index in [1.165, 1.54) is 25.0 Å². The number of aryl methyl sites for hydroxylation is 1. The summed E-state index contributed by atoms with van der Waals surface area (Å²) in [7, 11) is 0. The molecule has 1 aromatic carbocycles. The molecule has 2 atom stereocenters. The first-order valence-electron chi connectivity index (χ1n) is 7.92. The molecule has 0 aliphatic heterocycles. The molecule has 2 aliphatic carbocycles. The second kappa shape index (κ2) is 5.93. The van der Waals surface area contributed by atoms with Crippen LogP contribution < -0.4 is 10.1 Å². The highest BCUT2D eigenvalue weighted by Gasteiger charge is 2.40. The molecule has 0 aromatic heterocycles. The molecule has 2 N–H and O–H groups in total. The molecule has 116 valence electrons. The molecular weight excluding hydrogens is 269 g/mol. The van der Waals surface area contributed by atoms with Gasteiger partial charge in [0, 0.05) is 18.0 Å². The number of hydrogen-bond donors (Lipinski definition) is 2. The fourth-order valence-corrected chi connectivity index (χ4v) is 3.31. The normalized spacial score (nSPS) is 29.4. The van der Waals surface area contributed by atoms with Gasteiger partial charge in [-0.2, -0.15) is 0 Å². The lowest BCUT2D eigenvalue weighted by Crippen LogP contribution is -2.54. The van der Waals surface area contributed by atoms with Gasteiger partial charge in [-0.3, -0.25) is 0 Å². The second-order valence-electron chi connectivity index (χ2n) is 6.60. The van der Waals surface area contributed by atoms with Gasteiger partial charge in [-0.1, -0.05) is 0 Å². The van der Waals surface area contributed by atoms with E-state index < -0.39 is 0 Å². The van der Waals surface area contributed by atoms with Gasteiger partial charge in [0.15, 0.2) is 0 Å². The van der Waals surface area contributed by atoms with Crippen molar-refractivity contribution in [1.82, 2.24) is 5.32 Å². The van der Waals surface area contributed by atoms with Crippen LogP contribution in [-0.2, 0) is 0 Å². The average Bonchev–Trinajstić information content (AvgIpc) is 3.26. The highest BCUT2D eigenvalue weighted by molar-refractivity contribution is 5.32. The fourth-order valence-electron chi connectivity index (χ4n) is 3.31. The van der Waals surface area contributed by atoms with Gasteiger partial charge in [-0.05, 0) is 62.8 Å². The minimum absolute atomic E-state index is 0.0845. The Balaban J connectivity index is 1.67. The molecule has 2 unspecified atom stereocenters. The van der Waals surface area contributed by atoms with E-state index in [1.807, 2.05) is 6.92 Å². The van der Waals surface area contributed by atoms with Crippen LogP contribution in [0, 0.1) is 12.7 Å². The molecule has 21 heavy (non-hydrogen) atoms. The topological polar surface area (TPSA) is 41.5 Å². The Hall–Kier alpha value is -1.13. The van der Waals surface area contributed by atoms with E-state index in [2.05, 4.69) is 5.32 Å². The maximum atomic E-state index is 13.2. The van der Waals surface area contributed by atoms with Crippen LogP contribution >= 0.6 is 0 Å². The van der Waals surface area contributed by atoms with Crippen molar-refractivity contribution in [2.24, 2.45) is 0 Å². The molecule has 0 spiro atoms. The van der Waals surface area contributed by atoms with Crippen molar-refractivity contribution < 1.29 is 14.2 Å². The zero-order valence-electron chi connectivity index (χ0n) is 12.6. The number of aliphatic hydroxyl groups excluding tert-OH is 1. The maximum absolute atomic E-state index is 13.2. The molecule has 2 fully saturated rings. The molecule has 3 nitrogen and oxygen atoms in total. The van der Waals surface area contributed by atoms with E-state index in [1.54, 1.807) is 6.07 Å². The summed E-state index contributed by atoms with van der Waals surface area (Å²) in [5.41, 5.74) is 0.628. The van der Waals surface area contributed by atoms with Crippen LogP contribution in [0.5, 0.6) is 5.75 Å². The molecule has 3 rings (SSSR count). The van der Waals surface area contributed by atoms with Gasteiger partial charge in [-0.25, -0.2) is 4.39 Å². The Kier molecular flexibility index (Phi) is 4.18. The first-order chi connectivity index (χ1) is 10.1. The van der Waals surface area contributed by atoms with Crippen LogP contribution in [0.1, 0.15) is 44.1 Å². The summed E-state index contributed by atoms with van der Waals surface area (Å²) in [6.45, 7) is 2.02. The number of hydrogen-bond acceptors (Lipinski definition) is 3. The predicted octanol–water partition coefficient (Wildman–Crippen LogP) is 2.94. The lowest BCUT2D eigenvalue weighted by atomic mass is 9.80. The number of aliphatic hydroxyl groups is 1. The fraction of sp³-hybridized carbons (Fsp3) is 0.647. The quantitative estimate of drug-likeness (QED) is 0.877. The minimum Gasteiger partial charge on any atom is -0.490 e. The summed E-state index contributed by atoms with van der Waals surface area (Å²) in [5.74, 6) is 0.519. The lowest BCUT2D eigenvalue weighted by molar-refractivity contribution is 0.0494. The van der Waals surface area contributed by atoms with Gasteiger partial charge in [-0.15, -0.1) is 0 Å². The Morgan fingerprint density at radius 1 is 1.38 bits per heavy atom. The Labute approximate surface area is 125 Å². The Morgan fingerprint density at radius 3 is 2.86 bits per heavy atom. The van der Waals surface area contributed by atoms with Crippen LogP contribution in [0.25, 0.3) is 0 Å². The minimum atomic E-state index is -0.233. The van der Waals surface area contributed by atoms with Crippen molar-refractivity contribution >= 4 is 0 Å². The molecule has 0 saturated heterocycles. The van der Waals surface area contributed by atoms with Crippen molar-refractivity contribution in [2.45, 2.75) is 63.1 Å². The largest absolute Gasteiger partial charge is 0.490 e. The molecule has 2 aliphatic rings. The summed E-state index contributed by atoms with van der Waals surface area (Å²) in [6.07, 6.45) is 6.37. The van der Waals surface area contributed by atoms with Crippen LogP contribution in [-0.4, -0.2) is 29.4 Å². The van der Waals surface area contributed by atoms with E-state index in [0.717, 1.165) is 37.0 Å². The van der Waals surface area contributed by atoms with Crippen LogP contribution in [0.2, 0.25) is 0 Å². The summed E-state index contributed by atoms with van der Waals surface area (Å²) in [5, 5.41) is 13.4. The summed E-state index contributed by atoms with van der Waals surface area (Å²) in [6, 6.07) is 5.21. The number of benzene rings is 1. The third kappa shape index (κ3) is 3.55. The highest BCUT2D eigenvalue weighted by atomic mass is 19.1. The number of halogens is 1. The highest BCUT2D eigenvalue weighted by Crippen LogP contribution is 2.34. The van der Waals surface area contributed by atoms with Gasteiger partial charge in [0.2, 0.25) is 0 Å². The van der Waals surface area contributed by atoms with E-state index in [0.29, 0.717) is 6.04 Å². The summed E-state index contributed by atoms with van der Waals surface area (Å²) >= 11 is 0. The molecule has 0 heterocycles. The van der Waals surface area contributed by atoms with Crippen LogP contribution in [0.15, 0.2) is 18.2 Å². The molecule has 0 radical (unpaired) electrons. The molecule has 4 heteroatoms. The maximum Gasteiger partial charge on any atom is 0.123 e.